The molecule has 0 aromatic heterocycles. The number of benzene rings is 1. The van der Waals surface area contributed by atoms with Gasteiger partial charge in [0.25, 0.3) is 5.91 Å². The van der Waals surface area contributed by atoms with Crippen molar-refractivity contribution in [3.8, 4) is 0 Å². The Morgan fingerprint density at radius 1 is 1.38 bits per heavy atom. The van der Waals surface area contributed by atoms with Crippen molar-refractivity contribution in [2.24, 2.45) is 0 Å². The fraction of sp³-hybridized carbons (Fsp3) is 0.438. The Bertz CT molecular complexity index is 695. The molecule has 130 valence electrons. The summed E-state index contributed by atoms with van der Waals surface area (Å²) in [5.41, 5.74) is -0.910. The Kier molecular flexibility index (Phi) is 5.40. The summed E-state index contributed by atoms with van der Waals surface area (Å²) in [6.07, 6.45) is 0.754. The largest absolute Gasteiger partial charge is 0.352 e. The monoisotopic (exact) mass is 371 g/mol. The first-order valence-corrected chi connectivity index (χ1v) is 8.33. The summed E-state index contributed by atoms with van der Waals surface area (Å²) in [6, 6.07) is 4.02. The highest BCUT2D eigenvalue weighted by molar-refractivity contribution is 6.35. The standard InChI is InChI=1S/C16H19Cl2N3O3/c1-4-9(2)19-13(22)8-21-14(23)16(3,20-15(21)24)11-6-5-10(17)7-12(11)18/h5-7,9H,4,8H2,1-3H3,(H,19,22)(H,20,24)/t9-,16-/m1/s1. The van der Waals surface area contributed by atoms with Crippen molar-refractivity contribution in [1.82, 2.24) is 15.5 Å². The van der Waals surface area contributed by atoms with Crippen molar-refractivity contribution in [3.63, 3.8) is 0 Å². The zero-order valence-corrected chi connectivity index (χ0v) is 15.2. The van der Waals surface area contributed by atoms with Crippen LogP contribution in [0.3, 0.4) is 0 Å². The maximum absolute atomic E-state index is 12.7. The molecule has 1 fully saturated rings. The molecule has 6 nitrogen and oxygen atoms in total. The van der Waals surface area contributed by atoms with Crippen molar-refractivity contribution < 1.29 is 14.4 Å². The predicted molar refractivity (Wildman–Crippen MR) is 92.0 cm³/mol. The Morgan fingerprint density at radius 3 is 2.62 bits per heavy atom. The molecule has 0 unspecified atom stereocenters. The van der Waals surface area contributed by atoms with Crippen LogP contribution in [-0.2, 0) is 15.1 Å². The van der Waals surface area contributed by atoms with Gasteiger partial charge >= 0.3 is 6.03 Å². The average molecular weight is 372 g/mol. The fourth-order valence-electron chi connectivity index (χ4n) is 2.48. The molecule has 8 heteroatoms. The van der Waals surface area contributed by atoms with E-state index in [0.29, 0.717) is 10.6 Å². The lowest BCUT2D eigenvalue weighted by molar-refractivity contribution is -0.135. The van der Waals surface area contributed by atoms with Crippen LogP contribution in [0.15, 0.2) is 18.2 Å². The van der Waals surface area contributed by atoms with Crippen molar-refractivity contribution in [2.45, 2.75) is 38.8 Å². The van der Waals surface area contributed by atoms with Gasteiger partial charge in [-0.1, -0.05) is 36.2 Å². The third kappa shape index (κ3) is 3.49. The van der Waals surface area contributed by atoms with Gasteiger partial charge in [-0.05, 0) is 32.4 Å². The topological polar surface area (TPSA) is 78.5 Å². The van der Waals surface area contributed by atoms with Crippen molar-refractivity contribution in [2.75, 3.05) is 6.54 Å². The third-order valence-corrected chi connectivity index (χ3v) is 4.61. The molecule has 1 aliphatic rings. The summed E-state index contributed by atoms with van der Waals surface area (Å²) in [6.45, 7) is 4.99. The van der Waals surface area contributed by atoms with Gasteiger partial charge in [0, 0.05) is 21.7 Å². The lowest BCUT2D eigenvalue weighted by Crippen LogP contribution is -2.44. The molecule has 24 heavy (non-hydrogen) atoms. The molecule has 2 rings (SSSR count). The van der Waals surface area contributed by atoms with Crippen LogP contribution in [0.4, 0.5) is 4.79 Å². The summed E-state index contributed by atoms with van der Waals surface area (Å²) in [7, 11) is 0. The highest BCUT2D eigenvalue weighted by Crippen LogP contribution is 2.34. The van der Waals surface area contributed by atoms with Crippen LogP contribution in [0, 0.1) is 0 Å². The second-order valence-electron chi connectivity index (χ2n) is 5.95. The lowest BCUT2D eigenvalue weighted by Gasteiger charge is -2.23. The zero-order chi connectivity index (χ0) is 18.1. The minimum absolute atomic E-state index is 0.0321. The highest BCUT2D eigenvalue weighted by atomic mass is 35.5. The fourth-order valence-corrected chi connectivity index (χ4v) is 3.08. The first-order valence-electron chi connectivity index (χ1n) is 7.58. The Morgan fingerprint density at radius 2 is 2.04 bits per heavy atom. The quantitative estimate of drug-likeness (QED) is 0.780. The molecule has 1 heterocycles. The Balaban J connectivity index is 2.23. The van der Waals surface area contributed by atoms with E-state index in [4.69, 9.17) is 23.2 Å². The second kappa shape index (κ2) is 6.99. The van der Waals surface area contributed by atoms with Gasteiger partial charge in [0.2, 0.25) is 5.91 Å². The van der Waals surface area contributed by atoms with Crippen LogP contribution in [0.25, 0.3) is 0 Å². The second-order valence-corrected chi connectivity index (χ2v) is 6.79. The molecule has 1 aliphatic heterocycles. The van der Waals surface area contributed by atoms with Gasteiger partial charge in [-0.2, -0.15) is 0 Å². The van der Waals surface area contributed by atoms with Gasteiger partial charge in [0.1, 0.15) is 12.1 Å². The number of hydrogen-bond acceptors (Lipinski definition) is 3. The van der Waals surface area contributed by atoms with Crippen LogP contribution in [0.5, 0.6) is 0 Å². The van der Waals surface area contributed by atoms with E-state index in [-0.39, 0.29) is 23.5 Å². The number of carbonyl (C=O) groups excluding carboxylic acids is 3. The summed E-state index contributed by atoms with van der Waals surface area (Å²) < 4.78 is 0. The van der Waals surface area contributed by atoms with E-state index in [0.717, 1.165) is 11.3 Å². The van der Waals surface area contributed by atoms with Gasteiger partial charge in [-0.25, -0.2) is 4.79 Å². The van der Waals surface area contributed by atoms with Crippen LogP contribution >= 0.6 is 23.2 Å². The summed E-state index contributed by atoms with van der Waals surface area (Å²) >= 11 is 12.0. The van der Waals surface area contributed by atoms with E-state index >= 15 is 0 Å². The number of hydrogen-bond donors (Lipinski definition) is 2. The molecule has 0 spiro atoms. The van der Waals surface area contributed by atoms with E-state index in [1.54, 1.807) is 19.1 Å². The SMILES string of the molecule is CC[C@@H](C)NC(=O)CN1C(=O)N[C@](C)(c2ccc(Cl)cc2Cl)C1=O. The summed E-state index contributed by atoms with van der Waals surface area (Å²) in [5, 5.41) is 6.03. The van der Waals surface area contributed by atoms with Gasteiger partial charge in [0.15, 0.2) is 0 Å². The molecular formula is C16H19Cl2N3O3. The molecule has 1 aromatic carbocycles. The lowest BCUT2D eigenvalue weighted by atomic mass is 9.92. The molecular weight excluding hydrogens is 353 g/mol. The van der Waals surface area contributed by atoms with Crippen LogP contribution in [-0.4, -0.2) is 35.3 Å². The first-order chi connectivity index (χ1) is 11.2. The number of halogens is 2. The molecule has 2 atom stereocenters. The molecule has 0 aliphatic carbocycles. The van der Waals surface area contributed by atoms with Crippen molar-refractivity contribution in [3.05, 3.63) is 33.8 Å². The van der Waals surface area contributed by atoms with Crippen molar-refractivity contribution in [1.29, 1.82) is 0 Å². The zero-order valence-electron chi connectivity index (χ0n) is 13.7. The van der Waals surface area contributed by atoms with Crippen LogP contribution in [0.1, 0.15) is 32.8 Å². The smallest absolute Gasteiger partial charge is 0.325 e. The number of nitrogens with zero attached hydrogens (tertiary/aromatic N) is 1. The minimum atomic E-state index is -1.34. The van der Waals surface area contributed by atoms with E-state index in [1.807, 2.05) is 13.8 Å². The van der Waals surface area contributed by atoms with E-state index < -0.39 is 17.5 Å². The Labute approximate surface area is 150 Å². The molecule has 0 bridgehead atoms. The van der Waals surface area contributed by atoms with Gasteiger partial charge in [-0.3, -0.25) is 14.5 Å². The number of amides is 4. The molecule has 4 amide bonds. The molecule has 2 N–H and O–H groups in total. The molecule has 0 radical (unpaired) electrons. The number of imide groups is 1. The number of nitrogens with one attached hydrogen (secondary N) is 2. The van der Waals surface area contributed by atoms with E-state index in [2.05, 4.69) is 10.6 Å². The van der Waals surface area contributed by atoms with E-state index in [9.17, 15) is 14.4 Å². The first kappa shape index (κ1) is 18.5. The van der Waals surface area contributed by atoms with Crippen molar-refractivity contribution >= 4 is 41.0 Å². The average Bonchev–Trinajstić information content (AvgIpc) is 2.71. The summed E-state index contributed by atoms with van der Waals surface area (Å²) in [5.74, 6) is -0.921. The van der Waals surface area contributed by atoms with Crippen LogP contribution < -0.4 is 10.6 Å². The number of rotatable bonds is 5. The van der Waals surface area contributed by atoms with Gasteiger partial charge < -0.3 is 10.6 Å². The minimum Gasteiger partial charge on any atom is -0.352 e. The van der Waals surface area contributed by atoms with Gasteiger partial charge in [-0.15, -0.1) is 0 Å². The maximum atomic E-state index is 12.7. The summed E-state index contributed by atoms with van der Waals surface area (Å²) in [4.78, 5) is 37.8. The maximum Gasteiger partial charge on any atom is 0.325 e. The van der Waals surface area contributed by atoms with E-state index in [1.165, 1.54) is 6.07 Å². The number of urea groups is 1. The Hall–Kier alpha value is -1.79. The third-order valence-electron chi connectivity index (χ3n) is 4.07. The van der Waals surface area contributed by atoms with Gasteiger partial charge in [0.05, 0.1) is 0 Å². The molecule has 1 aromatic rings. The predicted octanol–water partition coefficient (Wildman–Crippen LogP) is 2.68. The van der Waals surface area contributed by atoms with Crippen LogP contribution in [0.2, 0.25) is 10.0 Å². The number of carbonyl (C=O) groups is 3. The normalized spacial score (nSPS) is 21.6. The molecule has 0 saturated carbocycles. The highest BCUT2D eigenvalue weighted by Gasteiger charge is 2.50. The molecule has 1 saturated heterocycles.